The third kappa shape index (κ3) is 6.77. The van der Waals surface area contributed by atoms with Gasteiger partial charge in [-0.25, -0.2) is 0 Å². The van der Waals surface area contributed by atoms with Gasteiger partial charge in [0, 0.05) is 24.7 Å². The average Bonchev–Trinajstić information content (AvgIpc) is 2.72. The molecular weight excluding hydrogens is 440 g/mol. The summed E-state index contributed by atoms with van der Waals surface area (Å²) in [5.41, 5.74) is 8.30. The maximum absolute atomic E-state index is 11.0. The van der Waals surface area contributed by atoms with Crippen molar-refractivity contribution in [3.05, 3.63) is 53.1 Å². The summed E-state index contributed by atoms with van der Waals surface area (Å²) >= 11 is 0. The molecule has 3 N–H and O–H groups in total. The second-order valence-electron chi connectivity index (χ2n) is 11.7. The molecule has 0 aliphatic carbocycles. The number of nitriles is 1. The van der Waals surface area contributed by atoms with Crippen LogP contribution < -0.4 is 15.7 Å². The first-order valence-corrected chi connectivity index (χ1v) is 14.8. The molecule has 0 unspecified atom stereocenters. The summed E-state index contributed by atoms with van der Waals surface area (Å²) in [4.78, 5) is 5.32. The fraction of sp³-hybridized carbons (Fsp3) is 0.481. The van der Waals surface area contributed by atoms with E-state index in [4.69, 9.17) is 15.7 Å². The predicted molar refractivity (Wildman–Crippen MR) is 143 cm³/mol. The third-order valence-corrected chi connectivity index (χ3v) is 8.77. The maximum Gasteiger partial charge on any atom is 0.209 e. The number of hydrogen-bond donors (Lipinski definition) is 2. The second-order valence-corrected chi connectivity index (χ2v) is 16.3. The summed E-state index contributed by atoms with van der Waals surface area (Å²) in [6.07, 6.45) is 2.35. The zero-order valence-electron chi connectivity index (χ0n) is 22.2. The van der Waals surface area contributed by atoms with E-state index in [9.17, 15) is 5.11 Å². The second kappa shape index (κ2) is 10.1. The van der Waals surface area contributed by atoms with Crippen molar-refractivity contribution in [2.24, 2.45) is 10.7 Å². The van der Waals surface area contributed by atoms with Crippen molar-refractivity contribution in [1.29, 1.82) is 5.26 Å². The van der Waals surface area contributed by atoms with Crippen molar-refractivity contribution >= 4 is 19.2 Å². The minimum atomic E-state index is -1.89. The lowest BCUT2D eigenvalue weighted by Gasteiger charge is -2.29. The molecule has 0 saturated heterocycles. The lowest BCUT2D eigenvalue weighted by atomic mass is 9.79. The van der Waals surface area contributed by atoms with Crippen LogP contribution in [0.25, 0.3) is 0 Å². The Labute approximate surface area is 206 Å². The number of nitrogens with zero attached hydrogens (tertiary/aromatic N) is 3. The van der Waals surface area contributed by atoms with Crippen LogP contribution in [-0.2, 0) is 17.4 Å². The maximum atomic E-state index is 11.0. The van der Waals surface area contributed by atoms with E-state index in [0.717, 1.165) is 22.4 Å². The Kier molecular flexibility index (Phi) is 8.10. The summed E-state index contributed by atoms with van der Waals surface area (Å²) in [7, 11) is -0.0781. The highest BCUT2D eigenvalue weighted by Gasteiger charge is 2.29. The Morgan fingerprint density at radius 1 is 1.06 bits per heavy atom. The van der Waals surface area contributed by atoms with E-state index >= 15 is 0 Å². The Morgan fingerprint density at radius 3 is 2.00 bits per heavy atom. The van der Waals surface area contributed by atoms with E-state index in [0.29, 0.717) is 18.5 Å². The molecular formula is C27H40N4O2Si. The van der Waals surface area contributed by atoms with Crippen molar-refractivity contribution in [3.63, 3.8) is 0 Å². The fourth-order valence-corrected chi connectivity index (χ4v) is 5.50. The van der Waals surface area contributed by atoms with E-state index in [-0.39, 0.29) is 16.8 Å². The summed E-state index contributed by atoms with van der Waals surface area (Å²) in [6, 6.07) is 12.5. The molecule has 7 heteroatoms. The number of hydrogen-bond acceptors (Lipinski definition) is 4. The van der Waals surface area contributed by atoms with Gasteiger partial charge in [-0.3, -0.25) is 0 Å². The van der Waals surface area contributed by atoms with E-state index in [1.807, 2.05) is 19.2 Å². The molecule has 184 valence electrons. The first-order valence-electron chi connectivity index (χ1n) is 11.6. The minimum Gasteiger partial charge on any atom is -0.507 e. The molecule has 0 aliphatic heterocycles. The van der Waals surface area contributed by atoms with Gasteiger partial charge in [0.25, 0.3) is 0 Å². The van der Waals surface area contributed by atoms with Crippen LogP contribution >= 0.6 is 0 Å². The molecule has 0 saturated carbocycles. The number of ether oxygens (including phenoxy) is 1. The van der Waals surface area contributed by atoms with Crippen molar-refractivity contribution in [1.82, 2.24) is 4.90 Å². The highest BCUT2D eigenvalue weighted by molar-refractivity contribution is 6.89. The fourth-order valence-electron chi connectivity index (χ4n) is 3.73. The molecule has 0 aromatic heterocycles. The molecule has 0 fully saturated rings. The van der Waals surface area contributed by atoms with Gasteiger partial charge in [0.05, 0.1) is 6.23 Å². The smallest absolute Gasteiger partial charge is 0.209 e. The number of aromatic hydroxyl groups is 1. The van der Waals surface area contributed by atoms with E-state index in [2.05, 4.69) is 83.9 Å². The van der Waals surface area contributed by atoms with Crippen molar-refractivity contribution in [2.45, 2.75) is 72.0 Å². The summed E-state index contributed by atoms with van der Waals surface area (Å²) in [6.45, 7) is 17.8. The van der Waals surface area contributed by atoms with Crippen LogP contribution in [0.3, 0.4) is 0 Å². The predicted octanol–water partition coefficient (Wildman–Crippen LogP) is 4.75. The van der Waals surface area contributed by atoms with E-state index < -0.39 is 8.07 Å². The average molecular weight is 481 g/mol. The van der Waals surface area contributed by atoms with Crippen molar-refractivity contribution < 1.29 is 9.84 Å². The van der Waals surface area contributed by atoms with Gasteiger partial charge in [0.15, 0.2) is 0 Å². The number of phenols is 1. The normalized spacial score (nSPS) is 12.9. The number of nitrogens with two attached hydrogens (primary N) is 1. The molecule has 2 aromatic rings. The van der Waals surface area contributed by atoms with Crippen LogP contribution in [0.15, 0.2) is 41.4 Å². The molecule has 0 amide bonds. The van der Waals surface area contributed by atoms with Crippen molar-refractivity contribution in [2.75, 3.05) is 13.3 Å². The monoisotopic (exact) mass is 480 g/mol. The zero-order valence-corrected chi connectivity index (χ0v) is 23.2. The van der Waals surface area contributed by atoms with Gasteiger partial charge < -0.3 is 20.5 Å². The molecule has 0 heterocycles. The molecule has 0 aliphatic rings. The van der Waals surface area contributed by atoms with Crippen LogP contribution in [0.5, 0.6) is 11.5 Å². The van der Waals surface area contributed by atoms with Gasteiger partial charge >= 0.3 is 0 Å². The van der Waals surface area contributed by atoms with Crippen molar-refractivity contribution in [3.8, 4) is 17.7 Å². The third-order valence-electron chi connectivity index (χ3n) is 6.01. The Hall–Kier alpha value is -2.98. The van der Waals surface area contributed by atoms with E-state index in [1.54, 1.807) is 11.1 Å². The van der Waals surface area contributed by atoms with E-state index in [1.165, 1.54) is 5.19 Å². The quantitative estimate of drug-likeness (QED) is 0.269. The first kappa shape index (κ1) is 27.3. The van der Waals surface area contributed by atoms with Crippen LogP contribution in [-0.4, -0.2) is 37.3 Å². The van der Waals surface area contributed by atoms with Gasteiger partial charge in [-0.05, 0) is 28.5 Å². The largest absolute Gasteiger partial charge is 0.507 e. The Balaban J connectivity index is 2.23. The summed E-state index contributed by atoms with van der Waals surface area (Å²) in [5.74, 6) is 1.37. The number of rotatable bonds is 6. The molecule has 2 rings (SSSR count). The van der Waals surface area contributed by atoms with Gasteiger partial charge in [-0.2, -0.15) is 5.26 Å². The summed E-state index contributed by atoms with van der Waals surface area (Å²) < 4.78 is 6.38. The number of benzene rings is 2. The molecule has 2 aromatic carbocycles. The lowest BCUT2D eigenvalue weighted by Crippen LogP contribution is -2.47. The van der Waals surface area contributed by atoms with Crippen LogP contribution in [0.2, 0.25) is 13.1 Å². The molecule has 6 nitrogen and oxygen atoms in total. The van der Waals surface area contributed by atoms with Gasteiger partial charge in [-0.15, -0.1) is 4.99 Å². The first-order chi connectivity index (χ1) is 15.6. The van der Waals surface area contributed by atoms with Gasteiger partial charge in [0.2, 0.25) is 12.2 Å². The standard InChI is InChI=1S/C27H40N4O2Si/c1-26(2,3)22-14-20(15-23(24(22)32)27(4,5)6)33-18-34(8,9)21-12-10-19(11-13-21)16-31(7)25(29)30-17-28/h10-15,32H,16,18H2,1-9H3,(H2,29,30). The minimum absolute atomic E-state index is 0.194. The van der Waals surface area contributed by atoms with Crippen LogP contribution in [0.4, 0.5) is 0 Å². The Bertz CT molecular complexity index is 1040. The number of phenolic OH excluding ortho intramolecular Hbond substituents is 1. The molecule has 34 heavy (non-hydrogen) atoms. The molecule has 0 radical (unpaired) electrons. The van der Waals surface area contributed by atoms with Gasteiger partial charge in [0.1, 0.15) is 19.6 Å². The topological polar surface area (TPSA) is 94.9 Å². The zero-order chi connectivity index (χ0) is 25.9. The van der Waals surface area contributed by atoms with Crippen LogP contribution in [0, 0.1) is 11.5 Å². The van der Waals surface area contributed by atoms with Crippen LogP contribution in [0.1, 0.15) is 58.2 Å². The highest BCUT2D eigenvalue weighted by Crippen LogP contribution is 2.41. The SMILES string of the molecule is CN(Cc1ccc([Si](C)(C)COc2cc(C(C)(C)C)c(O)c(C(C)(C)C)c2)cc1)C(N)=NC#N. The molecule has 0 spiro atoms. The molecule has 0 bridgehead atoms. The number of guanidine groups is 1. The van der Waals surface area contributed by atoms with Gasteiger partial charge in [-0.1, -0.05) is 84.1 Å². The lowest BCUT2D eigenvalue weighted by molar-refractivity contribution is 0.369. The highest BCUT2D eigenvalue weighted by atomic mass is 28.3. The summed E-state index contributed by atoms with van der Waals surface area (Å²) in [5, 5.41) is 20.9. The number of aliphatic imine (C=N–C) groups is 1. The Morgan fingerprint density at radius 2 is 1.56 bits per heavy atom. The molecule has 0 atom stereocenters.